The van der Waals surface area contributed by atoms with Crippen molar-refractivity contribution in [1.29, 1.82) is 0 Å². The molecule has 1 aromatic rings. The van der Waals surface area contributed by atoms with Crippen LogP contribution in [0.15, 0.2) is 24.3 Å². The Morgan fingerprint density at radius 2 is 1.92 bits per heavy atom. The number of nitrogens with one attached hydrogen (secondary N) is 2. The molecule has 0 saturated heterocycles. The lowest BCUT2D eigenvalue weighted by Crippen LogP contribution is -2.47. The van der Waals surface area contributed by atoms with Gasteiger partial charge in [-0.15, -0.1) is 0 Å². The first-order chi connectivity index (χ1) is 11.2. The van der Waals surface area contributed by atoms with Gasteiger partial charge in [-0.1, -0.05) is 37.6 Å². The number of rotatable bonds is 8. The van der Waals surface area contributed by atoms with Crippen molar-refractivity contribution in [3.63, 3.8) is 0 Å². The molecule has 132 valence electrons. The van der Waals surface area contributed by atoms with E-state index in [1.807, 2.05) is 13.8 Å². The Hall–Kier alpha value is -2.12. The molecule has 6 N–H and O–H groups in total. The minimum absolute atomic E-state index is 0.0397. The molecule has 0 spiro atoms. The van der Waals surface area contributed by atoms with E-state index in [0.29, 0.717) is 10.6 Å². The largest absolute Gasteiger partial charge is 0.370 e. The lowest BCUT2D eigenvalue weighted by Gasteiger charge is -2.19. The van der Waals surface area contributed by atoms with Gasteiger partial charge >= 0.3 is 0 Å². The Morgan fingerprint density at radius 1 is 1.25 bits per heavy atom. The van der Waals surface area contributed by atoms with Crippen LogP contribution in [0.3, 0.4) is 0 Å². The fourth-order valence-corrected chi connectivity index (χ4v) is 2.21. The monoisotopic (exact) mass is 354 g/mol. The van der Waals surface area contributed by atoms with E-state index in [0.717, 1.165) is 0 Å². The Morgan fingerprint density at radius 3 is 2.46 bits per heavy atom. The number of amides is 3. The summed E-state index contributed by atoms with van der Waals surface area (Å²) in [6.45, 7) is 3.38. The van der Waals surface area contributed by atoms with Crippen LogP contribution in [0, 0.1) is 5.92 Å². The highest BCUT2D eigenvalue weighted by Crippen LogP contribution is 2.20. The predicted octanol–water partition coefficient (Wildman–Crippen LogP) is 0.472. The van der Waals surface area contributed by atoms with Crippen LogP contribution in [0.5, 0.6) is 0 Å². The van der Waals surface area contributed by atoms with Crippen LogP contribution < -0.4 is 22.1 Å². The van der Waals surface area contributed by atoms with Crippen molar-refractivity contribution in [3.05, 3.63) is 34.9 Å². The summed E-state index contributed by atoms with van der Waals surface area (Å²) in [5.74, 6) is -1.46. The second-order valence-electron chi connectivity index (χ2n) is 5.83. The van der Waals surface area contributed by atoms with Crippen molar-refractivity contribution in [3.8, 4) is 0 Å². The lowest BCUT2D eigenvalue weighted by molar-refractivity contribution is -0.128. The molecule has 0 fully saturated rings. The van der Waals surface area contributed by atoms with Gasteiger partial charge in [0.1, 0.15) is 0 Å². The molecule has 0 aliphatic heterocycles. The molecule has 0 aromatic heterocycles. The third-order valence-electron chi connectivity index (χ3n) is 3.44. The number of hydrogen-bond donors (Lipinski definition) is 4. The highest BCUT2D eigenvalue weighted by atomic mass is 35.5. The van der Waals surface area contributed by atoms with E-state index >= 15 is 0 Å². The van der Waals surface area contributed by atoms with Crippen molar-refractivity contribution in [2.45, 2.75) is 32.4 Å². The zero-order valence-electron chi connectivity index (χ0n) is 13.7. The van der Waals surface area contributed by atoms with Crippen molar-refractivity contribution in [1.82, 2.24) is 10.6 Å². The summed E-state index contributed by atoms with van der Waals surface area (Å²) in [6.07, 6.45) is -0.0778. The summed E-state index contributed by atoms with van der Waals surface area (Å²) in [5.41, 5.74) is 11.6. The zero-order valence-corrected chi connectivity index (χ0v) is 14.5. The van der Waals surface area contributed by atoms with Crippen molar-refractivity contribution < 1.29 is 14.4 Å². The van der Waals surface area contributed by atoms with Crippen LogP contribution in [-0.4, -0.2) is 30.3 Å². The molecule has 3 amide bonds. The van der Waals surface area contributed by atoms with Crippen LogP contribution >= 0.6 is 11.6 Å². The molecule has 1 aromatic carbocycles. The first kappa shape index (κ1) is 19.9. The summed E-state index contributed by atoms with van der Waals surface area (Å²) < 4.78 is 0. The SMILES string of the molecule is CC(C)[C@H](N)C(=O)NCC(=O)N[C@H](CC(N)=O)c1cccc(Cl)c1. The quantitative estimate of drug-likeness (QED) is 0.541. The Kier molecular flexibility index (Phi) is 7.67. The smallest absolute Gasteiger partial charge is 0.239 e. The van der Waals surface area contributed by atoms with Gasteiger partial charge in [-0.3, -0.25) is 14.4 Å². The van der Waals surface area contributed by atoms with Gasteiger partial charge in [0.05, 0.1) is 25.0 Å². The fourth-order valence-electron chi connectivity index (χ4n) is 2.01. The van der Waals surface area contributed by atoms with Gasteiger partial charge in [-0.25, -0.2) is 0 Å². The minimum Gasteiger partial charge on any atom is -0.370 e. The number of nitrogens with two attached hydrogens (primary N) is 2. The molecule has 8 heteroatoms. The summed E-state index contributed by atoms with van der Waals surface area (Å²) >= 11 is 5.93. The van der Waals surface area contributed by atoms with Crippen molar-refractivity contribution in [2.75, 3.05) is 6.54 Å². The molecule has 0 aliphatic carbocycles. The predicted molar refractivity (Wildman–Crippen MR) is 92.0 cm³/mol. The van der Waals surface area contributed by atoms with Gasteiger partial charge in [0.15, 0.2) is 0 Å². The first-order valence-electron chi connectivity index (χ1n) is 7.57. The number of halogens is 1. The highest BCUT2D eigenvalue weighted by Gasteiger charge is 2.20. The van der Waals surface area contributed by atoms with Gasteiger partial charge in [-0.05, 0) is 23.6 Å². The summed E-state index contributed by atoms with van der Waals surface area (Å²) in [7, 11) is 0. The Labute approximate surface area is 146 Å². The molecular formula is C16H23ClN4O3. The van der Waals surface area contributed by atoms with Gasteiger partial charge in [0, 0.05) is 5.02 Å². The maximum Gasteiger partial charge on any atom is 0.239 e. The van der Waals surface area contributed by atoms with Crippen LogP contribution in [0.25, 0.3) is 0 Å². The molecule has 0 bridgehead atoms. The molecular weight excluding hydrogens is 332 g/mol. The van der Waals surface area contributed by atoms with Crippen LogP contribution in [0.2, 0.25) is 5.02 Å². The minimum atomic E-state index is -0.688. The van der Waals surface area contributed by atoms with Crippen molar-refractivity contribution in [2.24, 2.45) is 17.4 Å². The number of benzene rings is 1. The molecule has 24 heavy (non-hydrogen) atoms. The van der Waals surface area contributed by atoms with Gasteiger partial charge in [0.2, 0.25) is 17.7 Å². The van der Waals surface area contributed by atoms with Crippen LogP contribution in [0.1, 0.15) is 31.9 Å². The van der Waals surface area contributed by atoms with E-state index in [2.05, 4.69) is 10.6 Å². The third-order valence-corrected chi connectivity index (χ3v) is 3.67. The third kappa shape index (κ3) is 6.55. The van der Waals surface area contributed by atoms with Crippen LogP contribution in [0.4, 0.5) is 0 Å². The Bertz CT molecular complexity index is 607. The van der Waals surface area contributed by atoms with Gasteiger partial charge in [-0.2, -0.15) is 0 Å². The van der Waals surface area contributed by atoms with Crippen molar-refractivity contribution >= 4 is 29.3 Å². The molecule has 0 radical (unpaired) electrons. The second kappa shape index (κ2) is 9.24. The topological polar surface area (TPSA) is 127 Å². The number of carbonyl (C=O) groups is 3. The number of carbonyl (C=O) groups excluding carboxylic acids is 3. The van der Waals surface area contributed by atoms with E-state index in [1.165, 1.54) is 0 Å². The van der Waals surface area contributed by atoms with E-state index < -0.39 is 29.8 Å². The van der Waals surface area contributed by atoms with Gasteiger partial charge in [0.25, 0.3) is 0 Å². The van der Waals surface area contributed by atoms with E-state index in [4.69, 9.17) is 23.1 Å². The molecule has 0 unspecified atom stereocenters. The molecule has 0 aliphatic rings. The number of hydrogen-bond acceptors (Lipinski definition) is 4. The van der Waals surface area contributed by atoms with Crippen LogP contribution in [-0.2, 0) is 14.4 Å². The zero-order chi connectivity index (χ0) is 18.3. The number of primary amides is 1. The molecule has 7 nitrogen and oxygen atoms in total. The summed E-state index contributed by atoms with van der Waals surface area (Å²) in [6, 6.07) is 5.45. The normalized spacial score (nSPS) is 13.2. The average molecular weight is 355 g/mol. The first-order valence-corrected chi connectivity index (χ1v) is 7.95. The molecule has 0 heterocycles. The summed E-state index contributed by atoms with van der Waals surface area (Å²) in [5, 5.41) is 5.61. The summed E-state index contributed by atoms with van der Waals surface area (Å²) in [4.78, 5) is 35.0. The van der Waals surface area contributed by atoms with Gasteiger partial charge < -0.3 is 22.1 Å². The lowest BCUT2D eigenvalue weighted by atomic mass is 10.0. The second-order valence-corrected chi connectivity index (χ2v) is 6.27. The van der Waals surface area contributed by atoms with E-state index in [1.54, 1.807) is 24.3 Å². The molecule has 2 atom stereocenters. The van der Waals surface area contributed by atoms with E-state index in [-0.39, 0.29) is 18.9 Å². The maximum absolute atomic E-state index is 12.0. The average Bonchev–Trinajstić information content (AvgIpc) is 2.50. The highest BCUT2D eigenvalue weighted by molar-refractivity contribution is 6.30. The standard InChI is InChI=1S/C16H23ClN4O3/c1-9(2)15(19)16(24)20-8-14(23)21-12(7-13(18)22)10-4-3-5-11(17)6-10/h3-6,9,12,15H,7-8,19H2,1-2H3,(H2,18,22)(H,20,24)(H,21,23)/t12-,15+/m1/s1. The molecule has 0 saturated carbocycles. The fraction of sp³-hybridized carbons (Fsp3) is 0.438. The van der Waals surface area contributed by atoms with E-state index in [9.17, 15) is 14.4 Å². The maximum atomic E-state index is 12.0. The Balaban J connectivity index is 2.68. The molecule has 1 rings (SSSR count).